The van der Waals surface area contributed by atoms with Crippen molar-refractivity contribution in [3.8, 4) is 0 Å². The summed E-state index contributed by atoms with van der Waals surface area (Å²) in [6.45, 7) is 6.02. The van der Waals surface area contributed by atoms with Gasteiger partial charge in [-0.2, -0.15) is 0 Å². The molecule has 2 rings (SSSR count). The van der Waals surface area contributed by atoms with Crippen molar-refractivity contribution in [1.82, 2.24) is 4.98 Å². The van der Waals surface area contributed by atoms with Crippen LogP contribution in [0.3, 0.4) is 0 Å². The van der Waals surface area contributed by atoms with Crippen LogP contribution in [-0.2, 0) is 11.2 Å². The third kappa shape index (κ3) is 4.56. The maximum absolute atomic E-state index is 12.1. The smallest absolute Gasteiger partial charge is 0.228 e. The largest absolute Gasteiger partial charge is 0.357 e. The third-order valence-electron chi connectivity index (χ3n) is 3.37. The van der Waals surface area contributed by atoms with Gasteiger partial charge in [-0.25, -0.2) is 4.98 Å². The van der Waals surface area contributed by atoms with Gasteiger partial charge >= 0.3 is 0 Å². The second kappa shape index (κ2) is 7.94. The fourth-order valence-corrected chi connectivity index (χ4v) is 2.68. The van der Waals surface area contributed by atoms with Crippen LogP contribution in [0.1, 0.15) is 19.4 Å². The summed E-state index contributed by atoms with van der Waals surface area (Å²) in [6, 6.07) is 11.6. The topological polar surface area (TPSA) is 45.2 Å². The molecule has 5 heteroatoms. The zero-order valence-electron chi connectivity index (χ0n) is 12.8. The molecule has 0 spiro atoms. The first kappa shape index (κ1) is 16.5. The number of rotatable bonds is 6. The van der Waals surface area contributed by atoms with Crippen molar-refractivity contribution in [3.05, 3.63) is 52.6 Å². The summed E-state index contributed by atoms with van der Waals surface area (Å²) in [5.41, 5.74) is 1.69. The van der Waals surface area contributed by atoms with Crippen LogP contribution in [0, 0.1) is 0 Å². The van der Waals surface area contributed by atoms with E-state index in [0.717, 1.165) is 34.6 Å². The highest BCUT2D eigenvalue weighted by Gasteiger charge is 2.07. The Balaban J connectivity index is 1.97. The van der Waals surface area contributed by atoms with Crippen LogP contribution in [0.4, 0.5) is 11.5 Å². The van der Waals surface area contributed by atoms with Crippen molar-refractivity contribution >= 4 is 33.3 Å². The fourth-order valence-electron chi connectivity index (χ4n) is 2.23. The lowest BCUT2D eigenvalue weighted by Crippen LogP contribution is -2.23. The van der Waals surface area contributed by atoms with Crippen LogP contribution in [0.25, 0.3) is 0 Å². The molecule has 0 saturated carbocycles. The van der Waals surface area contributed by atoms with Gasteiger partial charge in [0, 0.05) is 17.6 Å². The maximum Gasteiger partial charge on any atom is 0.228 e. The van der Waals surface area contributed by atoms with Crippen molar-refractivity contribution in [1.29, 1.82) is 0 Å². The predicted molar refractivity (Wildman–Crippen MR) is 94.3 cm³/mol. The Labute approximate surface area is 139 Å². The zero-order chi connectivity index (χ0) is 15.9. The second-order valence-electron chi connectivity index (χ2n) is 4.93. The van der Waals surface area contributed by atoms with Gasteiger partial charge in [0.25, 0.3) is 0 Å². The van der Waals surface area contributed by atoms with Gasteiger partial charge in [0.1, 0.15) is 5.82 Å². The standard InChI is InChI=1S/C17H20BrN3O/c1-3-21(4-2)16-9-8-15(12-19-16)20-17(22)11-13-6-5-7-14(18)10-13/h5-10,12H,3-4,11H2,1-2H3,(H,20,22). The number of aromatic nitrogens is 1. The summed E-state index contributed by atoms with van der Waals surface area (Å²) in [6.07, 6.45) is 2.05. The van der Waals surface area contributed by atoms with Gasteiger partial charge in [0.05, 0.1) is 18.3 Å². The van der Waals surface area contributed by atoms with Gasteiger partial charge in [-0.05, 0) is 43.7 Å². The van der Waals surface area contributed by atoms with Gasteiger partial charge in [-0.1, -0.05) is 28.1 Å². The zero-order valence-corrected chi connectivity index (χ0v) is 14.4. The van der Waals surface area contributed by atoms with E-state index >= 15 is 0 Å². The van der Waals surface area contributed by atoms with Gasteiger partial charge in [-0.3, -0.25) is 4.79 Å². The number of nitrogens with one attached hydrogen (secondary N) is 1. The molecule has 1 heterocycles. The van der Waals surface area contributed by atoms with Crippen molar-refractivity contribution < 1.29 is 4.79 Å². The molecule has 0 radical (unpaired) electrons. The van der Waals surface area contributed by atoms with E-state index in [9.17, 15) is 4.79 Å². The Morgan fingerprint density at radius 3 is 2.59 bits per heavy atom. The molecule has 0 aliphatic rings. The summed E-state index contributed by atoms with van der Waals surface area (Å²) < 4.78 is 0.975. The number of amides is 1. The minimum atomic E-state index is -0.0458. The molecule has 1 aromatic carbocycles. The molecule has 1 aromatic heterocycles. The number of pyridine rings is 1. The number of anilines is 2. The number of hydrogen-bond acceptors (Lipinski definition) is 3. The average molecular weight is 362 g/mol. The van der Waals surface area contributed by atoms with E-state index in [1.807, 2.05) is 36.4 Å². The van der Waals surface area contributed by atoms with Gasteiger partial charge < -0.3 is 10.2 Å². The van der Waals surface area contributed by atoms with E-state index in [-0.39, 0.29) is 5.91 Å². The molecule has 1 N–H and O–H groups in total. The molecule has 4 nitrogen and oxygen atoms in total. The molecule has 0 saturated heterocycles. The van der Waals surface area contributed by atoms with Gasteiger partial charge in [-0.15, -0.1) is 0 Å². The van der Waals surface area contributed by atoms with E-state index in [1.165, 1.54) is 0 Å². The molecule has 0 unspecified atom stereocenters. The van der Waals surface area contributed by atoms with Gasteiger partial charge in [0.2, 0.25) is 5.91 Å². The normalized spacial score (nSPS) is 10.3. The van der Waals surface area contributed by atoms with Crippen molar-refractivity contribution in [3.63, 3.8) is 0 Å². The molecular weight excluding hydrogens is 342 g/mol. The van der Waals surface area contributed by atoms with E-state index in [4.69, 9.17) is 0 Å². The van der Waals surface area contributed by atoms with Crippen molar-refractivity contribution in [2.45, 2.75) is 20.3 Å². The predicted octanol–water partition coefficient (Wildman–Crippen LogP) is 3.87. The molecule has 0 aliphatic heterocycles. The molecule has 0 fully saturated rings. The Bertz CT molecular complexity index is 624. The van der Waals surface area contributed by atoms with Crippen LogP contribution in [-0.4, -0.2) is 24.0 Å². The molecule has 116 valence electrons. The number of nitrogens with zero attached hydrogens (tertiary/aromatic N) is 2. The number of halogens is 1. The molecule has 0 atom stereocenters. The maximum atomic E-state index is 12.1. The van der Waals surface area contributed by atoms with Crippen molar-refractivity contribution in [2.24, 2.45) is 0 Å². The fraction of sp³-hybridized carbons (Fsp3) is 0.294. The molecule has 0 bridgehead atoms. The van der Waals surface area contributed by atoms with Crippen LogP contribution in [0.2, 0.25) is 0 Å². The molecule has 1 amide bonds. The number of carbonyl (C=O) groups excluding carboxylic acids is 1. The molecule has 0 aliphatic carbocycles. The van der Waals surface area contributed by atoms with E-state index < -0.39 is 0 Å². The Morgan fingerprint density at radius 2 is 2.00 bits per heavy atom. The lowest BCUT2D eigenvalue weighted by Gasteiger charge is -2.19. The Morgan fingerprint density at radius 1 is 1.23 bits per heavy atom. The van der Waals surface area contributed by atoms with Gasteiger partial charge in [0.15, 0.2) is 0 Å². The summed E-state index contributed by atoms with van der Waals surface area (Å²) in [5, 5.41) is 2.88. The number of benzene rings is 1. The lowest BCUT2D eigenvalue weighted by molar-refractivity contribution is -0.115. The number of hydrogen-bond donors (Lipinski definition) is 1. The van der Waals surface area contributed by atoms with E-state index in [0.29, 0.717) is 6.42 Å². The first-order valence-corrected chi connectivity index (χ1v) is 8.17. The average Bonchev–Trinajstić information content (AvgIpc) is 2.50. The monoisotopic (exact) mass is 361 g/mol. The third-order valence-corrected chi connectivity index (χ3v) is 3.87. The van der Waals surface area contributed by atoms with Crippen LogP contribution in [0.15, 0.2) is 47.1 Å². The summed E-state index contributed by atoms with van der Waals surface area (Å²) in [7, 11) is 0. The van der Waals surface area contributed by atoms with Crippen molar-refractivity contribution in [2.75, 3.05) is 23.3 Å². The quantitative estimate of drug-likeness (QED) is 0.849. The second-order valence-corrected chi connectivity index (χ2v) is 5.85. The first-order chi connectivity index (χ1) is 10.6. The van der Waals surface area contributed by atoms with Crippen LogP contribution >= 0.6 is 15.9 Å². The van der Waals surface area contributed by atoms with Crippen LogP contribution < -0.4 is 10.2 Å². The summed E-state index contributed by atoms with van der Waals surface area (Å²) in [4.78, 5) is 18.6. The highest BCUT2D eigenvalue weighted by atomic mass is 79.9. The molecular formula is C17H20BrN3O. The first-order valence-electron chi connectivity index (χ1n) is 7.37. The lowest BCUT2D eigenvalue weighted by atomic mass is 10.1. The SMILES string of the molecule is CCN(CC)c1ccc(NC(=O)Cc2cccc(Br)c2)cn1. The Hall–Kier alpha value is -1.88. The highest BCUT2D eigenvalue weighted by Crippen LogP contribution is 2.15. The number of carbonyl (C=O) groups is 1. The van der Waals surface area contributed by atoms with E-state index in [2.05, 4.69) is 45.0 Å². The van der Waals surface area contributed by atoms with E-state index in [1.54, 1.807) is 6.20 Å². The van der Waals surface area contributed by atoms with Crippen LogP contribution in [0.5, 0.6) is 0 Å². The summed E-state index contributed by atoms with van der Waals surface area (Å²) >= 11 is 3.41. The highest BCUT2D eigenvalue weighted by molar-refractivity contribution is 9.10. The molecule has 22 heavy (non-hydrogen) atoms. The minimum absolute atomic E-state index is 0.0458. The Kier molecular flexibility index (Phi) is 5.95. The summed E-state index contributed by atoms with van der Waals surface area (Å²) in [5.74, 6) is 0.880. The molecule has 2 aromatic rings. The minimum Gasteiger partial charge on any atom is -0.357 e.